The number of rotatable bonds is 1. The van der Waals surface area contributed by atoms with Crippen LogP contribution in [0.1, 0.15) is 16.7 Å². The molecule has 1 aliphatic rings. The van der Waals surface area contributed by atoms with Crippen molar-refractivity contribution in [1.29, 1.82) is 0 Å². The molecule has 1 heterocycles. The maximum atomic E-state index is 5.86. The highest BCUT2D eigenvalue weighted by Crippen LogP contribution is 2.26. The minimum atomic E-state index is 0.571. The molecule has 0 saturated heterocycles. The molecule has 0 spiro atoms. The van der Waals surface area contributed by atoms with Crippen LogP contribution in [0.3, 0.4) is 0 Å². The molecule has 90 valence electrons. The molecule has 0 aromatic heterocycles. The highest BCUT2D eigenvalue weighted by molar-refractivity contribution is 5.82. The maximum absolute atomic E-state index is 5.86. The predicted molar refractivity (Wildman–Crippen MR) is 72.9 cm³/mol. The summed E-state index contributed by atoms with van der Waals surface area (Å²) in [6.07, 6.45) is 2.15. The number of hydrogen-bond donors (Lipinski definition) is 0. The Morgan fingerprint density at radius 1 is 1.06 bits per heavy atom. The van der Waals surface area contributed by atoms with Crippen LogP contribution in [0.25, 0.3) is 0 Å². The zero-order valence-electron chi connectivity index (χ0n) is 10.7. The van der Waals surface area contributed by atoms with Gasteiger partial charge in [-0.15, -0.1) is 0 Å². The lowest BCUT2D eigenvalue weighted by atomic mass is 10.1. The molecule has 2 heteroatoms. The summed E-state index contributed by atoms with van der Waals surface area (Å²) in [5.41, 5.74) is 4.76. The fourth-order valence-electron chi connectivity index (χ4n) is 2.27. The Kier molecular flexibility index (Phi) is 2.63. The largest absolute Gasteiger partial charge is 0.435 e. The molecule has 2 aromatic carbocycles. The van der Waals surface area contributed by atoms with Gasteiger partial charge in [0.2, 0.25) is 5.69 Å². The number of fused-ring (bicyclic) bond motifs is 1. The first-order valence-electron chi connectivity index (χ1n) is 6.14. The van der Waals surface area contributed by atoms with E-state index in [9.17, 15) is 0 Å². The second-order valence-corrected chi connectivity index (χ2v) is 4.70. The minimum absolute atomic E-state index is 0.571. The van der Waals surface area contributed by atoms with Crippen molar-refractivity contribution in [3.05, 3.63) is 59.2 Å². The molecule has 0 N–H and O–H groups in total. The van der Waals surface area contributed by atoms with E-state index in [2.05, 4.69) is 67.1 Å². The molecule has 2 nitrogen and oxygen atoms in total. The highest BCUT2D eigenvalue weighted by atomic mass is 16.5. The molecular formula is C16H16NO+. The van der Waals surface area contributed by atoms with Crippen LogP contribution < -0.4 is 4.74 Å². The smallest absolute Gasteiger partial charge is 0.292 e. The van der Waals surface area contributed by atoms with E-state index in [0.717, 1.165) is 11.3 Å². The third-order valence-electron chi connectivity index (χ3n) is 3.22. The minimum Gasteiger partial charge on any atom is -0.435 e. The van der Waals surface area contributed by atoms with E-state index in [1.54, 1.807) is 0 Å². The fraction of sp³-hybridized carbons (Fsp3) is 0.188. The first kappa shape index (κ1) is 11.0. The Bertz CT molecular complexity index is 629. The van der Waals surface area contributed by atoms with E-state index >= 15 is 0 Å². The number of hydrogen-bond acceptors (Lipinski definition) is 1. The van der Waals surface area contributed by atoms with Crippen molar-refractivity contribution in [3.8, 4) is 5.75 Å². The molecular weight excluding hydrogens is 222 g/mol. The van der Waals surface area contributed by atoms with Crippen LogP contribution in [0.5, 0.6) is 5.75 Å². The van der Waals surface area contributed by atoms with E-state index < -0.39 is 0 Å². The average Bonchev–Trinajstić information content (AvgIpc) is 2.39. The predicted octanol–water partition coefficient (Wildman–Crippen LogP) is 3.42. The van der Waals surface area contributed by atoms with Gasteiger partial charge in [-0.05, 0) is 31.0 Å². The zero-order valence-corrected chi connectivity index (χ0v) is 10.7. The zero-order chi connectivity index (χ0) is 12.5. The monoisotopic (exact) mass is 238 g/mol. The molecule has 0 amide bonds. The first-order chi connectivity index (χ1) is 8.74. The van der Waals surface area contributed by atoms with Crippen LogP contribution in [0.2, 0.25) is 0 Å². The van der Waals surface area contributed by atoms with Crippen molar-refractivity contribution in [2.45, 2.75) is 13.8 Å². The van der Waals surface area contributed by atoms with E-state index in [1.165, 1.54) is 16.8 Å². The van der Waals surface area contributed by atoms with Crippen molar-refractivity contribution in [1.82, 2.24) is 0 Å². The molecule has 18 heavy (non-hydrogen) atoms. The average molecular weight is 238 g/mol. The summed E-state index contributed by atoms with van der Waals surface area (Å²) in [5, 5.41) is 0. The number of aryl methyl sites for hydroxylation is 2. The van der Waals surface area contributed by atoms with Crippen LogP contribution in [0, 0.1) is 13.8 Å². The normalized spacial score (nSPS) is 13.6. The lowest BCUT2D eigenvalue weighted by Gasteiger charge is -2.15. The molecule has 1 aliphatic heterocycles. The Morgan fingerprint density at radius 3 is 2.72 bits per heavy atom. The Morgan fingerprint density at radius 2 is 1.89 bits per heavy atom. The van der Waals surface area contributed by atoms with E-state index in [-0.39, 0.29) is 0 Å². The Balaban J connectivity index is 2.06. The summed E-state index contributed by atoms with van der Waals surface area (Å²) in [6.45, 7) is 4.75. The quantitative estimate of drug-likeness (QED) is 0.693. The summed E-state index contributed by atoms with van der Waals surface area (Å²) >= 11 is 0. The molecule has 0 radical (unpaired) electrons. The lowest BCUT2D eigenvalue weighted by Crippen LogP contribution is -2.21. The van der Waals surface area contributed by atoms with E-state index in [1.807, 2.05) is 0 Å². The number of ether oxygens (including phenoxy) is 1. The third kappa shape index (κ3) is 1.90. The van der Waals surface area contributed by atoms with Crippen molar-refractivity contribution in [2.24, 2.45) is 0 Å². The first-order valence-corrected chi connectivity index (χ1v) is 6.14. The van der Waals surface area contributed by atoms with Gasteiger partial charge in [0, 0.05) is 12.1 Å². The van der Waals surface area contributed by atoms with Crippen molar-refractivity contribution in [3.63, 3.8) is 0 Å². The number of benzene rings is 2. The van der Waals surface area contributed by atoms with Crippen molar-refractivity contribution in [2.75, 3.05) is 6.73 Å². The van der Waals surface area contributed by atoms with Crippen LogP contribution >= 0.6 is 0 Å². The van der Waals surface area contributed by atoms with Crippen LogP contribution in [0.4, 0.5) is 5.69 Å². The second kappa shape index (κ2) is 4.30. The van der Waals surface area contributed by atoms with Gasteiger partial charge in [-0.2, -0.15) is 4.58 Å². The standard InChI is InChI=1S/C16H16NO/c1-12-5-3-8-15(9-12)17-10-14-7-4-6-13(2)16(14)18-11-17/h3-10H,11H2,1-2H3/q+1. The Labute approximate surface area is 107 Å². The summed E-state index contributed by atoms with van der Waals surface area (Å²) in [5.74, 6) is 1.00. The molecule has 0 atom stereocenters. The molecule has 0 fully saturated rings. The molecule has 0 unspecified atom stereocenters. The lowest BCUT2D eigenvalue weighted by molar-refractivity contribution is -0.476. The summed E-state index contributed by atoms with van der Waals surface area (Å²) < 4.78 is 7.99. The van der Waals surface area contributed by atoms with Gasteiger partial charge in [0.05, 0.1) is 5.56 Å². The van der Waals surface area contributed by atoms with Crippen LogP contribution in [-0.2, 0) is 0 Å². The van der Waals surface area contributed by atoms with Crippen molar-refractivity contribution < 1.29 is 9.31 Å². The summed E-state index contributed by atoms with van der Waals surface area (Å²) in [7, 11) is 0. The summed E-state index contributed by atoms with van der Waals surface area (Å²) in [4.78, 5) is 0. The molecule has 2 aromatic rings. The van der Waals surface area contributed by atoms with E-state index in [4.69, 9.17) is 4.74 Å². The molecule has 3 rings (SSSR count). The van der Waals surface area contributed by atoms with E-state index in [0.29, 0.717) is 6.73 Å². The van der Waals surface area contributed by atoms with Gasteiger partial charge in [0.25, 0.3) is 6.73 Å². The van der Waals surface area contributed by atoms with Gasteiger partial charge < -0.3 is 4.74 Å². The topological polar surface area (TPSA) is 12.2 Å². The van der Waals surface area contributed by atoms with Gasteiger partial charge in [-0.3, -0.25) is 0 Å². The summed E-state index contributed by atoms with van der Waals surface area (Å²) in [6, 6.07) is 14.7. The van der Waals surface area contributed by atoms with Gasteiger partial charge >= 0.3 is 0 Å². The SMILES string of the molecule is Cc1cccc([N+]2=Cc3cccc(C)c3OC2)c1. The molecule has 0 saturated carbocycles. The molecule has 0 bridgehead atoms. The third-order valence-corrected chi connectivity index (χ3v) is 3.22. The van der Waals surface area contributed by atoms with Crippen LogP contribution in [-0.4, -0.2) is 17.5 Å². The van der Waals surface area contributed by atoms with Crippen LogP contribution in [0.15, 0.2) is 42.5 Å². The Hall–Kier alpha value is -2.09. The van der Waals surface area contributed by atoms with Crippen molar-refractivity contribution >= 4 is 11.9 Å². The van der Waals surface area contributed by atoms with Gasteiger partial charge in [0.1, 0.15) is 5.75 Å². The van der Waals surface area contributed by atoms with Gasteiger partial charge in [-0.1, -0.05) is 24.3 Å². The second-order valence-electron chi connectivity index (χ2n) is 4.70. The van der Waals surface area contributed by atoms with Gasteiger partial charge in [-0.25, -0.2) is 0 Å². The number of para-hydroxylation sites is 1. The molecule has 0 aliphatic carbocycles. The van der Waals surface area contributed by atoms with Gasteiger partial charge in [0.15, 0.2) is 6.21 Å². The number of nitrogens with zero attached hydrogens (tertiary/aromatic N) is 1. The fourth-order valence-corrected chi connectivity index (χ4v) is 2.27. The highest BCUT2D eigenvalue weighted by Gasteiger charge is 2.19. The maximum Gasteiger partial charge on any atom is 0.292 e.